The van der Waals surface area contributed by atoms with Crippen LogP contribution in [0.15, 0.2) is 24.3 Å². The van der Waals surface area contributed by atoms with Gasteiger partial charge in [0.25, 0.3) is 0 Å². The highest BCUT2D eigenvalue weighted by Gasteiger charge is 2.33. The number of piperazine rings is 1. The average molecular weight is 304 g/mol. The standard InChI is InChI=1S/C17H24N2O3/c1-4-14-6-8-15(9-7-14)19-11-10-18(13(3)17(19)21)12-16(20)22-5-2/h6-9,13H,4-5,10-12H2,1-3H3/t13-/m1/s1. The van der Waals surface area contributed by atoms with Crippen LogP contribution < -0.4 is 4.90 Å². The Bertz CT molecular complexity index is 527. The molecule has 0 aliphatic carbocycles. The first-order chi connectivity index (χ1) is 10.6. The van der Waals surface area contributed by atoms with Crippen LogP contribution in [0.4, 0.5) is 5.69 Å². The zero-order valence-electron chi connectivity index (χ0n) is 13.5. The van der Waals surface area contributed by atoms with E-state index in [4.69, 9.17) is 4.74 Å². The van der Waals surface area contributed by atoms with E-state index >= 15 is 0 Å². The van der Waals surface area contributed by atoms with Crippen molar-refractivity contribution in [2.75, 3.05) is 31.1 Å². The molecule has 0 unspecified atom stereocenters. The van der Waals surface area contributed by atoms with Crippen molar-refractivity contribution in [2.24, 2.45) is 0 Å². The number of rotatable bonds is 5. The van der Waals surface area contributed by atoms with Crippen LogP contribution in [0.5, 0.6) is 0 Å². The number of hydrogen-bond donors (Lipinski definition) is 0. The summed E-state index contributed by atoms with van der Waals surface area (Å²) >= 11 is 0. The summed E-state index contributed by atoms with van der Waals surface area (Å²) in [5, 5.41) is 0. The molecular formula is C17H24N2O3. The number of amides is 1. The summed E-state index contributed by atoms with van der Waals surface area (Å²) in [6.45, 7) is 7.53. The molecule has 0 spiro atoms. The van der Waals surface area contributed by atoms with E-state index < -0.39 is 0 Å². The Morgan fingerprint density at radius 2 is 1.91 bits per heavy atom. The van der Waals surface area contributed by atoms with Crippen LogP contribution in [0.1, 0.15) is 26.3 Å². The Balaban J connectivity index is 2.03. The highest BCUT2D eigenvalue weighted by molar-refractivity contribution is 5.98. The van der Waals surface area contributed by atoms with Crippen molar-refractivity contribution in [3.63, 3.8) is 0 Å². The Morgan fingerprint density at radius 1 is 1.23 bits per heavy atom. The maximum atomic E-state index is 12.6. The molecule has 5 heteroatoms. The summed E-state index contributed by atoms with van der Waals surface area (Å²) in [4.78, 5) is 27.8. The molecule has 1 heterocycles. The van der Waals surface area contributed by atoms with E-state index in [9.17, 15) is 9.59 Å². The fourth-order valence-electron chi connectivity index (χ4n) is 2.67. The largest absolute Gasteiger partial charge is 0.465 e. The van der Waals surface area contributed by atoms with Crippen LogP contribution in [0.25, 0.3) is 0 Å². The molecule has 1 aromatic rings. The van der Waals surface area contributed by atoms with E-state index in [2.05, 4.69) is 19.1 Å². The monoisotopic (exact) mass is 304 g/mol. The average Bonchev–Trinajstić information content (AvgIpc) is 2.52. The fraction of sp³-hybridized carbons (Fsp3) is 0.529. The van der Waals surface area contributed by atoms with Crippen LogP contribution in [0.2, 0.25) is 0 Å². The topological polar surface area (TPSA) is 49.9 Å². The van der Waals surface area contributed by atoms with Gasteiger partial charge >= 0.3 is 5.97 Å². The van der Waals surface area contributed by atoms with Crippen molar-refractivity contribution in [1.29, 1.82) is 0 Å². The molecule has 0 aromatic heterocycles. The lowest BCUT2D eigenvalue weighted by Gasteiger charge is -2.38. The molecule has 1 atom stereocenters. The lowest BCUT2D eigenvalue weighted by Crippen LogP contribution is -2.57. The maximum Gasteiger partial charge on any atom is 0.320 e. The van der Waals surface area contributed by atoms with Gasteiger partial charge in [-0.1, -0.05) is 19.1 Å². The quantitative estimate of drug-likeness (QED) is 0.779. The Kier molecular flexibility index (Phi) is 5.55. The summed E-state index contributed by atoms with van der Waals surface area (Å²) in [5.74, 6) is -0.248. The molecule has 1 saturated heterocycles. The van der Waals surface area contributed by atoms with Crippen molar-refractivity contribution >= 4 is 17.6 Å². The molecule has 1 fully saturated rings. The van der Waals surface area contributed by atoms with E-state index in [0.717, 1.165) is 12.1 Å². The maximum absolute atomic E-state index is 12.6. The first kappa shape index (κ1) is 16.5. The van der Waals surface area contributed by atoms with Crippen LogP contribution in [0.3, 0.4) is 0 Å². The second-order valence-electron chi connectivity index (χ2n) is 5.46. The number of anilines is 1. The Morgan fingerprint density at radius 3 is 2.50 bits per heavy atom. The number of hydrogen-bond acceptors (Lipinski definition) is 4. The number of benzene rings is 1. The predicted molar refractivity (Wildman–Crippen MR) is 85.8 cm³/mol. The first-order valence-corrected chi connectivity index (χ1v) is 7.86. The van der Waals surface area contributed by atoms with Gasteiger partial charge in [-0.15, -0.1) is 0 Å². The van der Waals surface area contributed by atoms with Gasteiger partial charge in [-0.05, 0) is 38.0 Å². The molecule has 1 aliphatic rings. The molecule has 120 valence electrons. The van der Waals surface area contributed by atoms with Gasteiger partial charge in [0.05, 0.1) is 19.2 Å². The fourth-order valence-corrected chi connectivity index (χ4v) is 2.67. The van der Waals surface area contributed by atoms with Gasteiger partial charge in [0.15, 0.2) is 0 Å². The van der Waals surface area contributed by atoms with Crippen LogP contribution in [-0.4, -0.2) is 49.1 Å². The SMILES string of the molecule is CCOC(=O)CN1CCN(c2ccc(CC)cc2)C(=O)[C@H]1C. The zero-order valence-corrected chi connectivity index (χ0v) is 13.5. The van der Waals surface area contributed by atoms with E-state index in [0.29, 0.717) is 19.7 Å². The summed E-state index contributed by atoms with van der Waals surface area (Å²) in [6, 6.07) is 7.77. The van der Waals surface area contributed by atoms with Crippen molar-refractivity contribution < 1.29 is 14.3 Å². The van der Waals surface area contributed by atoms with Crippen molar-refractivity contribution in [3.05, 3.63) is 29.8 Å². The second-order valence-corrected chi connectivity index (χ2v) is 5.46. The van der Waals surface area contributed by atoms with Gasteiger partial charge in [-0.3, -0.25) is 14.5 Å². The summed E-state index contributed by atoms with van der Waals surface area (Å²) in [5.41, 5.74) is 2.18. The normalized spacial score (nSPS) is 19.3. The van der Waals surface area contributed by atoms with Crippen molar-refractivity contribution in [2.45, 2.75) is 33.2 Å². The number of esters is 1. The third kappa shape index (κ3) is 3.65. The van der Waals surface area contributed by atoms with Gasteiger partial charge in [0, 0.05) is 18.8 Å². The molecule has 1 amide bonds. The van der Waals surface area contributed by atoms with Gasteiger partial charge in [0.2, 0.25) is 5.91 Å². The molecule has 0 N–H and O–H groups in total. The third-order valence-corrected chi connectivity index (χ3v) is 4.08. The van der Waals surface area contributed by atoms with Gasteiger partial charge in [-0.25, -0.2) is 0 Å². The highest BCUT2D eigenvalue weighted by Crippen LogP contribution is 2.21. The summed E-state index contributed by atoms with van der Waals surface area (Å²) in [7, 11) is 0. The van der Waals surface area contributed by atoms with Gasteiger partial charge in [0.1, 0.15) is 0 Å². The Labute approximate surface area is 131 Å². The lowest BCUT2D eigenvalue weighted by molar-refractivity contribution is -0.145. The molecule has 2 rings (SSSR count). The molecule has 0 bridgehead atoms. The first-order valence-electron chi connectivity index (χ1n) is 7.86. The van der Waals surface area contributed by atoms with Crippen molar-refractivity contribution in [1.82, 2.24) is 4.90 Å². The van der Waals surface area contributed by atoms with Gasteiger partial charge in [-0.2, -0.15) is 0 Å². The number of carbonyl (C=O) groups excluding carboxylic acids is 2. The summed E-state index contributed by atoms with van der Waals surface area (Å²) in [6.07, 6.45) is 0.984. The minimum absolute atomic E-state index is 0.0276. The van der Waals surface area contributed by atoms with Crippen LogP contribution in [-0.2, 0) is 20.7 Å². The number of nitrogens with zero attached hydrogens (tertiary/aromatic N) is 2. The van der Waals surface area contributed by atoms with Gasteiger partial charge < -0.3 is 9.64 Å². The molecule has 22 heavy (non-hydrogen) atoms. The number of carbonyl (C=O) groups is 2. The highest BCUT2D eigenvalue weighted by atomic mass is 16.5. The van der Waals surface area contributed by atoms with Crippen molar-refractivity contribution in [3.8, 4) is 0 Å². The molecule has 5 nitrogen and oxygen atoms in total. The van der Waals surface area contributed by atoms with E-state index in [1.54, 1.807) is 11.8 Å². The molecule has 1 aliphatic heterocycles. The molecular weight excluding hydrogens is 280 g/mol. The zero-order chi connectivity index (χ0) is 16.1. The minimum atomic E-state index is -0.316. The molecule has 0 radical (unpaired) electrons. The lowest BCUT2D eigenvalue weighted by atomic mass is 10.1. The Hall–Kier alpha value is -1.88. The number of aryl methyl sites for hydroxylation is 1. The predicted octanol–water partition coefficient (Wildman–Crippen LogP) is 1.85. The second kappa shape index (κ2) is 7.40. The van der Waals surface area contributed by atoms with Crippen LogP contribution >= 0.6 is 0 Å². The minimum Gasteiger partial charge on any atom is -0.465 e. The van der Waals surface area contributed by atoms with E-state index in [1.807, 2.05) is 24.0 Å². The van der Waals surface area contributed by atoms with Crippen LogP contribution in [0, 0.1) is 0 Å². The van der Waals surface area contributed by atoms with E-state index in [1.165, 1.54) is 5.56 Å². The number of ether oxygens (including phenoxy) is 1. The van der Waals surface area contributed by atoms with E-state index in [-0.39, 0.29) is 24.5 Å². The molecule has 1 aromatic carbocycles. The molecule has 0 saturated carbocycles. The summed E-state index contributed by atoms with van der Waals surface area (Å²) < 4.78 is 4.96. The third-order valence-electron chi connectivity index (χ3n) is 4.08. The smallest absolute Gasteiger partial charge is 0.320 e.